The van der Waals surface area contributed by atoms with Crippen molar-refractivity contribution in [1.29, 1.82) is 0 Å². The van der Waals surface area contributed by atoms with Crippen LogP contribution in [0.1, 0.15) is 48.7 Å². The lowest BCUT2D eigenvalue weighted by molar-refractivity contribution is 0.0994. The molecule has 0 radical (unpaired) electrons. The second-order valence-electron chi connectivity index (χ2n) is 5.38. The van der Waals surface area contributed by atoms with Crippen LogP contribution in [-0.4, -0.2) is 12.9 Å². The Morgan fingerprint density at radius 3 is 2.44 bits per heavy atom. The number of methoxy groups -OCH3 is 1. The Morgan fingerprint density at radius 1 is 1.19 bits per heavy atom. The number of fused-ring (bicyclic) bond motifs is 1. The van der Waals surface area contributed by atoms with Gasteiger partial charge in [0.2, 0.25) is 0 Å². The highest BCUT2D eigenvalue weighted by atomic mass is 16.5. The van der Waals surface area contributed by atoms with Crippen molar-refractivity contribution in [1.82, 2.24) is 0 Å². The highest BCUT2D eigenvalue weighted by Gasteiger charge is 2.26. The second kappa shape index (κ2) is 3.62. The molecule has 0 heterocycles. The Bertz CT molecular complexity index is 439. The average molecular weight is 218 g/mol. The number of aryl methyl sites for hydroxylation is 1. The molecule has 0 atom stereocenters. The molecule has 0 N–H and O–H groups in total. The molecule has 0 saturated carbocycles. The SMILES string of the molecule is COc1cc2c(cc1C(C)(C)C)C(=O)CC2. The van der Waals surface area contributed by atoms with E-state index in [0.717, 1.165) is 28.9 Å². The number of ketones is 1. The minimum absolute atomic E-state index is 0.00322. The Kier molecular flexibility index (Phi) is 2.53. The molecular weight excluding hydrogens is 200 g/mol. The zero-order chi connectivity index (χ0) is 11.9. The zero-order valence-corrected chi connectivity index (χ0v) is 10.4. The van der Waals surface area contributed by atoms with Crippen LogP contribution in [0.15, 0.2) is 12.1 Å². The fourth-order valence-electron chi connectivity index (χ4n) is 2.23. The first-order chi connectivity index (χ1) is 7.43. The van der Waals surface area contributed by atoms with Crippen LogP contribution in [-0.2, 0) is 11.8 Å². The minimum atomic E-state index is 0.00322. The molecule has 86 valence electrons. The third kappa shape index (κ3) is 1.73. The van der Waals surface area contributed by atoms with Crippen molar-refractivity contribution in [2.45, 2.75) is 39.0 Å². The third-order valence-electron chi connectivity index (χ3n) is 3.16. The summed E-state index contributed by atoms with van der Waals surface area (Å²) >= 11 is 0. The van der Waals surface area contributed by atoms with Crippen LogP contribution in [0.4, 0.5) is 0 Å². The van der Waals surface area contributed by atoms with Crippen molar-refractivity contribution in [2.75, 3.05) is 7.11 Å². The van der Waals surface area contributed by atoms with E-state index in [-0.39, 0.29) is 11.2 Å². The van der Waals surface area contributed by atoms with Crippen LogP contribution in [0.5, 0.6) is 5.75 Å². The second-order valence-corrected chi connectivity index (χ2v) is 5.38. The third-order valence-corrected chi connectivity index (χ3v) is 3.16. The molecule has 1 aromatic rings. The number of benzene rings is 1. The lowest BCUT2D eigenvalue weighted by atomic mass is 9.84. The van der Waals surface area contributed by atoms with Crippen LogP contribution in [0, 0.1) is 0 Å². The van der Waals surface area contributed by atoms with Crippen molar-refractivity contribution >= 4 is 5.78 Å². The van der Waals surface area contributed by atoms with E-state index in [4.69, 9.17) is 4.74 Å². The van der Waals surface area contributed by atoms with Gasteiger partial charge in [0.25, 0.3) is 0 Å². The molecule has 0 saturated heterocycles. The molecule has 2 rings (SSSR count). The molecule has 0 aromatic heterocycles. The van der Waals surface area contributed by atoms with Gasteiger partial charge < -0.3 is 4.74 Å². The maximum atomic E-state index is 11.7. The quantitative estimate of drug-likeness (QED) is 0.724. The van der Waals surface area contributed by atoms with Crippen LogP contribution < -0.4 is 4.74 Å². The maximum absolute atomic E-state index is 11.7. The van der Waals surface area contributed by atoms with E-state index in [2.05, 4.69) is 20.8 Å². The average Bonchev–Trinajstić information content (AvgIpc) is 2.57. The highest BCUT2D eigenvalue weighted by Crippen LogP contribution is 2.36. The molecule has 1 aromatic carbocycles. The highest BCUT2D eigenvalue weighted by molar-refractivity contribution is 6.00. The topological polar surface area (TPSA) is 26.3 Å². The number of ether oxygens (including phenoxy) is 1. The summed E-state index contributed by atoms with van der Waals surface area (Å²) in [6.45, 7) is 6.41. The number of hydrogen-bond donors (Lipinski definition) is 0. The number of carbonyl (C=O) groups excluding carboxylic acids is 1. The van der Waals surface area contributed by atoms with Crippen LogP contribution >= 0.6 is 0 Å². The van der Waals surface area contributed by atoms with Gasteiger partial charge in [0.05, 0.1) is 7.11 Å². The van der Waals surface area contributed by atoms with E-state index in [1.807, 2.05) is 12.1 Å². The lowest BCUT2D eigenvalue weighted by Crippen LogP contribution is -2.14. The van der Waals surface area contributed by atoms with Gasteiger partial charge >= 0.3 is 0 Å². The summed E-state index contributed by atoms with van der Waals surface area (Å²) in [5, 5.41) is 0. The van der Waals surface area contributed by atoms with E-state index in [1.54, 1.807) is 7.11 Å². The number of hydrogen-bond acceptors (Lipinski definition) is 2. The summed E-state index contributed by atoms with van der Waals surface area (Å²) in [6, 6.07) is 4.05. The number of rotatable bonds is 1. The standard InChI is InChI=1S/C14H18O2/c1-14(2,3)11-8-10-9(5-6-12(10)15)7-13(11)16-4/h7-8H,5-6H2,1-4H3. The van der Waals surface area contributed by atoms with Gasteiger partial charge in [-0.15, -0.1) is 0 Å². The molecule has 0 spiro atoms. The van der Waals surface area contributed by atoms with Crippen molar-refractivity contribution in [3.63, 3.8) is 0 Å². The predicted molar refractivity (Wildman–Crippen MR) is 64.3 cm³/mol. The Morgan fingerprint density at radius 2 is 1.88 bits per heavy atom. The molecule has 0 unspecified atom stereocenters. The van der Waals surface area contributed by atoms with Crippen LogP contribution in [0.3, 0.4) is 0 Å². The fourth-order valence-corrected chi connectivity index (χ4v) is 2.23. The lowest BCUT2D eigenvalue weighted by Gasteiger charge is -2.23. The fraction of sp³-hybridized carbons (Fsp3) is 0.500. The Labute approximate surface area is 96.6 Å². The summed E-state index contributed by atoms with van der Waals surface area (Å²) in [5.74, 6) is 1.17. The molecular formula is C14H18O2. The van der Waals surface area contributed by atoms with Gasteiger partial charge in [0.15, 0.2) is 5.78 Å². The van der Waals surface area contributed by atoms with Gasteiger partial charge in [0.1, 0.15) is 5.75 Å². The molecule has 0 aliphatic heterocycles. The van der Waals surface area contributed by atoms with Crippen molar-refractivity contribution < 1.29 is 9.53 Å². The molecule has 2 heteroatoms. The van der Waals surface area contributed by atoms with Gasteiger partial charge in [-0.25, -0.2) is 0 Å². The minimum Gasteiger partial charge on any atom is -0.496 e. The first kappa shape index (κ1) is 11.2. The summed E-state index contributed by atoms with van der Waals surface area (Å²) in [7, 11) is 1.69. The maximum Gasteiger partial charge on any atom is 0.163 e. The first-order valence-electron chi connectivity index (χ1n) is 5.68. The molecule has 0 bridgehead atoms. The summed E-state index contributed by atoms with van der Waals surface area (Å²) in [5.41, 5.74) is 3.15. The van der Waals surface area contributed by atoms with E-state index in [1.165, 1.54) is 0 Å². The molecule has 1 aliphatic rings. The summed E-state index contributed by atoms with van der Waals surface area (Å²) < 4.78 is 5.42. The predicted octanol–water partition coefficient (Wildman–Crippen LogP) is 3.12. The Balaban J connectivity index is 2.61. The number of carbonyl (C=O) groups is 1. The molecule has 2 nitrogen and oxygen atoms in total. The van der Waals surface area contributed by atoms with Crippen LogP contribution in [0.2, 0.25) is 0 Å². The summed E-state index contributed by atoms with van der Waals surface area (Å²) in [4.78, 5) is 11.7. The normalized spacial score (nSPS) is 15.1. The summed E-state index contributed by atoms with van der Waals surface area (Å²) in [6.07, 6.45) is 1.50. The first-order valence-corrected chi connectivity index (χ1v) is 5.68. The zero-order valence-electron chi connectivity index (χ0n) is 10.4. The number of Topliss-reactive ketones (excluding diaryl/α,β-unsaturated/α-hetero) is 1. The largest absolute Gasteiger partial charge is 0.496 e. The van der Waals surface area contributed by atoms with Crippen molar-refractivity contribution in [3.8, 4) is 5.75 Å². The molecule has 0 amide bonds. The molecule has 0 fully saturated rings. The molecule has 16 heavy (non-hydrogen) atoms. The van der Waals surface area contributed by atoms with Crippen LogP contribution in [0.25, 0.3) is 0 Å². The van der Waals surface area contributed by atoms with Crippen molar-refractivity contribution in [3.05, 3.63) is 28.8 Å². The van der Waals surface area contributed by atoms with Gasteiger partial charge in [-0.05, 0) is 29.5 Å². The van der Waals surface area contributed by atoms with E-state index < -0.39 is 0 Å². The van der Waals surface area contributed by atoms with Gasteiger partial charge in [-0.1, -0.05) is 20.8 Å². The van der Waals surface area contributed by atoms with Crippen molar-refractivity contribution in [2.24, 2.45) is 0 Å². The monoisotopic (exact) mass is 218 g/mol. The van der Waals surface area contributed by atoms with Gasteiger partial charge in [-0.2, -0.15) is 0 Å². The molecule has 1 aliphatic carbocycles. The van der Waals surface area contributed by atoms with Gasteiger partial charge in [-0.3, -0.25) is 4.79 Å². The van der Waals surface area contributed by atoms with E-state index in [9.17, 15) is 4.79 Å². The Hall–Kier alpha value is -1.31. The van der Waals surface area contributed by atoms with E-state index in [0.29, 0.717) is 6.42 Å². The van der Waals surface area contributed by atoms with Gasteiger partial charge in [0, 0.05) is 17.5 Å². The van der Waals surface area contributed by atoms with E-state index >= 15 is 0 Å². The smallest absolute Gasteiger partial charge is 0.163 e.